The third-order valence-corrected chi connectivity index (χ3v) is 3.76. The van der Waals surface area contributed by atoms with E-state index in [2.05, 4.69) is 15.9 Å². The first-order valence-electron chi connectivity index (χ1n) is 4.10. The number of aromatic hydroxyl groups is 1. The molecule has 1 aromatic heterocycles. The van der Waals surface area contributed by atoms with Crippen LogP contribution in [0.4, 0.5) is 0 Å². The average molecular weight is 273 g/mol. The van der Waals surface area contributed by atoms with E-state index in [1.807, 2.05) is 12.1 Å². The summed E-state index contributed by atoms with van der Waals surface area (Å²) in [6.45, 7) is 0. The molecule has 1 heterocycles. The minimum Gasteiger partial charge on any atom is -0.506 e. The van der Waals surface area contributed by atoms with E-state index in [0.717, 1.165) is 21.2 Å². The Morgan fingerprint density at radius 1 is 1.50 bits per heavy atom. The van der Waals surface area contributed by atoms with Crippen LogP contribution in [0.5, 0.6) is 11.5 Å². The highest BCUT2D eigenvalue weighted by molar-refractivity contribution is 9.08. The monoisotopic (exact) mass is 272 g/mol. The molecule has 2 aromatic rings. The van der Waals surface area contributed by atoms with E-state index in [-0.39, 0.29) is 0 Å². The highest BCUT2D eigenvalue weighted by Crippen LogP contribution is 2.40. The van der Waals surface area contributed by atoms with Crippen LogP contribution >= 0.6 is 27.3 Å². The van der Waals surface area contributed by atoms with Gasteiger partial charge in [0.1, 0.15) is 11.5 Å². The van der Waals surface area contributed by atoms with Crippen molar-refractivity contribution < 1.29 is 9.84 Å². The Balaban J connectivity index is 2.81. The Bertz CT molecular complexity index is 464. The second-order valence-corrected chi connectivity index (χ2v) is 4.33. The van der Waals surface area contributed by atoms with Crippen LogP contribution in [0.2, 0.25) is 0 Å². The standard InChI is InChI=1S/C10H9BrO2S/c1-13-8-3-2-6(4-11)10-9(8)7(12)5-14-10/h2-3,5,12H,4H2,1H3. The van der Waals surface area contributed by atoms with Gasteiger partial charge in [-0.05, 0) is 11.6 Å². The largest absolute Gasteiger partial charge is 0.506 e. The quantitative estimate of drug-likeness (QED) is 0.848. The Morgan fingerprint density at radius 2 is 2.29 bits per heavy atom. The predicted octanol–water partition coefficient (Wildman–Crippen LogP) is 3.51. The van der Waals surface area contributed by atoms with Gasteiger partial charge in [-0.3, -0.25) is 0 Å². The molecular weight excluding hydrogens is 264 g/mol. The van der Waals surface area contributed by atoms with Gasteiger partial charge < -0.3 is 9.84 Å². The van der Waals surface area contributed by atoms with Gasteiger partial charge in [-0.25, -0.2) is 0 Å². The predicted molar refractivity (Wildman–Crippen MR) is 62.7 cm³/mol. The van der Waals surface area contributed by atoms with Crippen LogP contribution in [0.1, 0.15) is 5.56 Å². The molecule has 0 saturated heterocycles. The Labute approximate surface area is 94.3 Å². The van der Waals surface area contributed by atoms with E-state index < -0.39 is 0 Å². The summed E-state index contributed by atoms with van der Waals surface area (Å²) < 4.78 is 6.28. The fourth-order valence-corrected chi connectivity index (χ4v) is 3.05. The van der Waals surface area contributed by atoms with Crippen LogP contribution in [0, 0.1) is 0 Å². The molecule has 0 aliphatic heterocycles. The minimum absolute atomic E-state index is 0.296. The smallest absolute Gasteiger partial charge is 0.137 e. The first kappa shape index (κ1) is 9.80. The Morgan fingerprint density at radius 3 is 2.93 bits per heavy atom. The summed E-state index contributed by atoms with van der Waals surface area (Å²) in [7, 11) is 1.61. The molecule has 0 radical (unpaired) electrons. The lowest BCUT2D eigenvalue weighted by molar-refractivity contribution is 0.416. The van der Waals surface area contributed by atoms with Crippen molar-refractivity contribution in [1.82, 2.24) is 0 Å². The van der Waals surface area contributed by atoms with Gasteiger partial charge >= 0.3 is 0 Å². The van der Waals surface area contributed by atoms with Gasteiger partial charge in [0.05, 0.1) is 12.5 Å². The van der Waals surface area contributed by atoms with Crippen LogP contribution < -0.4 is 4.74 Å². The molecule has 74 valence electrons. The number of thiophene rings is 1. The number of rotatable bonds is 2. The third kappa shape index (κ3) is 1.38. The van der Waals surface area contributed by atoms with E-state index in [0.29, 0.717) is 5.75 Å². The fraction of sp³-hybridized carbons (Fsp3) is 0.200. The van der Waals surface area contributed by atoms with Crippen molar-refractivity contribution in [3.05, 3.63) is 23.1 Å². The van der Waals surface area contributed by atoms with Crippen LogP contribution in [-0.4, -0.2) is 12.2 Å². The van der Waals surface area contributed by atoms with Crippen LogP contribution in [-0.2, 0) is 5.33 Å². The fourth-order valence-electron chi connectivity index (χ4n) is 1.43. The van der Waals surface area contributed by atoms with Gasteiger partial charge in [0, 0.05) is 15.4 Å². The normalized spacial score (nSPS) is 10.7. The van der Waals surface area contributed by atoms with Crippen molar-refractivity contribution >= 4 is 37.4 Å². The van der Waals surface area contributed by atoms with Gasteiger partial charge in [0.15, 0.2) is 0 Å². The number of halogens is 1. The molecule has 2 rings (SSSR count). The van der Waals surface area contributed by atoms with Crippen molar-refractivity contribution in [3.8, 4) is 11.5 Å². The Hall–Kier alpha value is -0.740. The molecule has 0 aliphatic carbocycles. The molecule has 2 nitrogen and oxygen atoms in total. The number of hydrogen-bond acceptors (Lipinski definition) is 3. The van der Waals surface area contributed by atoms with Crippen LogP contribution in [0.25, 0.3) is 10.1 Å². The maximum Gasteiger partial charge on any atom is 0.137 e. The SMILES string of the molecule is COc1ccc(CBr)c2scc(O)c12. The van der Waals surface area contributed by atoms with Gasteiger partial charge in [0.2, 0.25) is 0 Å². The summed E-state index contributed by atoms with van der Waals surface area (Å²) >= 11 is 4.95. The number of benzene rings is 1. The first-order chi connectivity index (χ1) is 6.77. The summed E-state index contributed by atoms with van der Waals surface area (Å²) in [6.07, 6.45) is 0. The minimum atomic E-state index is 0.296. The number of fused-ring (bicyclic) bond motifs is 1. The van der Waals surface area contributed by atoms with Crippen molar-refractivity contribution in [3.63, 3.8) is 0 Å². The topological polar surface area (TPSA) is 29.5 Å². The van der Waals surface area contributed by atoms with E-state index in [9.17, 15) is 5.11 Å². The summed E-state index contributed by atoms with van der Waals surface area (Å²) in [5, 5.41) is 13.0. The summed E-state index contributed by atoms with van der Waals surface area (Å²) in [5.74, 6) is 1.02. The molecule has 0 unspecified atom stereocenters. The second-order valence-electron chi connectivity index (χ2n) is 2.89. The molecule has 0 atom stereocenters. The highest BCUT2D eigenvalue weighted by atomic mass is 79.9. The number of methoxy groups -OCH3 is 1. The second kappa shape index (κ2) is 3.79. The molecular formula is C10H9BrO2S. The van der Waals surface area contributed by atoms with Gasteiger partial charge in [-0.15, -0.1) is 11.3 Å². The lowest BCUT2D eigenvalue weighted by Crippen LogP contribution is -1.85. The van der Waals surface area contributed by atoms with Crippen molar-refractivity contribution in [2.45, 2.75) is 5.33 Å². The number of hydrogen-bond donors (Lipinski definition) is 1. The Kier molecular flexibility index (Phi) is 2.65. The van der Waals surface area contributed by atoms with Crippen molar-refractivity contribution in [2.24, 2.45) is 0 Å². The zero-order valence-electron chi connectivity index (χ0n) is 7.58. The number of alkyl halides is 1. The van der Waals surface area contributed by atoms with E-state index in [1.54, 1.807) is 12.5 Å². The molecule has 0 amide bonds. The van der Waals surface area contributed by atoms with Gasteiger partial charge in [-0.1, -0.05) is 22.0 Å². The molecule has 0 bridgehead atoms. The van der Waals surface area contributed by atoms with E-state index >= 15 is 0 Å². The van der Waals surface area contributed by atoms with Gasteiger partial charge in [0.25, 0.3) is 0 Å². The molecule has 1 N–H and O–H groups in total. The van der Waals surface area contributed by atoms with Crippen molar-refractivity contribution in [1.29, 1.82) is 0 Å². The molecule has 0 spiro atoms. The maximum atomic E-state index is 9.66. The summed E-state index contributed by atoms with van der Waals surface area (Å²) in [5.41, 5.74) is 1.17. The molecule has 0 saturated carbocycles. The van der Waals surface area contributed by atoms with Gasteiger partial charge in [-0.2, -0.15) is 0 Å². The molecule has 4 heteroatoms. The molecule has 14 heavy (non-hydrogen) atoms. The lowest BCUT2D eigenvalue weighted by Gasteiger charge is -2.04. The molecule has 0 fully saturated rings. The summed E-state index contributed by atoms with van der Waals surface area (Å²) in [6, 6.07) is 3.89. The highest BCUT2D eigenvalue weighted by Gasteiger charge is 2.11. The zero-order chi connectivity index (χ0) is 10.1. The van der Waals surface area contributed by atoms with E-state index in [4.69, 9.17) is 4.74 Å². The van der Waals surface area contributed by atoms with Crippen LogP contribution in [0.15, 0.2) is 17.5 Å². The molecule has 0 aliphatic rings. The lowest BCUT2D eigenvalue weighted by atomic mass is 10.1. The zero-order valence-corrected chi connectivity index (χ0v) is 9.98. The van der Waals surface area contributed by atoms with Crippen molar-refractivity contribution in [2.75, 3.05) is 7.11 Å². The first-order valence-corrected chi connectivity index (χ1v) is 6.10. The number of ether oxygens (including phenoxy) is 1. The summed E-state index contributed by atoms with van der Waals surface area (Å²) in [4.78, 5) is 0. The van der Waals surface area contributed by atoms with E-state index in [1.165, 1.54) is 16.9 Å². The third-order valence-electron chi connectivity index (χ3n) is 2.11. The average Bonchev–Trinajstić information content (AvgIpc) is 2.60. The van der Waals surface area contributed by atoms with Crippen LogP contribution in [0.3, 0.4) is 0 Å². The maximum absolute atomic E-state index is 9.66. The molecule has 1 aromatic carbocycles.